The molecule has 1 fully saturated rings. The summed E-state index contributed by atoms with van der Waals surface area (Å²) < 4.78 is 9.81. The molecule has 1 aliphatic rings. The Hall–Kier alpha value is -2.37. The number of amides is 1. The molecule has 0 aliphatic carbocycles. The summed E-state index contributed by atoms with van der Waals surface area (Å²) in [6, 6.07) is 8.43. The van der Waals surface area contributed by atoms with Crippen LogP contribution in [-0.4, -0.2) is 37.1 Å². The Morgan fingerprint density at radius 3 is 2.55 bits per heavy atom. The molecule has 6 heteroatoms. The van der Waals surface area contributed by atoms with Crippen molar-refractivity contribution in [2.75, 3.05) is 13.7 Å². The number of methoxy groups -OCH3 is 1. The van der Waals surface area contributed by atoms with E-state index in [4.69, 9.17) is 4.74 Å². The summed E-state index contributed by atoms with van der Waals surface area (Å²) in [5, 5.41) is 2.53. The molecule has 1 N–H and O–H groups in total. The van der Waals surface area contributed by atoms with Crippen molar-refractivity contribution in [3.05, 3.63) is 35.9 Å². The van der Waals surface area contributed by atoms with Crippen LogP contribution in [0.4, 0.5) is 0 Å². The van der Waals surface area contributed by atoms with Crippen LogP contribution >= 0.6 is 0 Å². The van der Waals surface area contributed by atoms with Gasteiger partial charge in [0.25, 0.3) is 0 Å². The lowest BCUT2D eigenvalue weighted by Gasteiger charge is -2.25. The Kier molecular flexibility index (Phi) is 4.02. The number of hydrogen-bond acceptors (Lipinski definition) is 5. The van der Waals surface area contributed by atoms with E-state index in [1.54, 1.807) is 30.3 Å². The molecular weight excluding hydrogens is 262 g/mol. The summed E-state index contributed by atoms with van der Waals surface area (Å²) in [5.41, 5.74) is -0.882. The van der Waals surface area contributed by atoms with Gasteiger partial charge in [0.05, 0.1) is 12.7 Å². The average Bonchev–Trinajstić information content (AvgIpc) is 2.87. The quantitative estimate of drug-likeness (QED) is 0.818. The van der Waals surface area contributed by atoms with E-state index in [1.807, 2.05) is 0 Å². The number of ether oxygens (including phenoxy) is 2. The summed E-state index contributed by atoms with van der Waals surface area (Å²) in [5.74, 6) is -1.41. The molecule has 1 aromatic rings. The number of esters is 2. The third kappa shape index (κ3) is 2.79. The summed E-state index contributed by atoms with van der Waals surface area (Å²) in [6.45, 7) is -0.237. The van der Waals surface area contributed by atoms with E-state index in [0.717, 1.165) is 0 Å². The largest absolute Gasteiger partial charge is 0.467 e. The van der Waals surface area contributed by atoms with E-state index in [-0.39, 0.29) is 25.4 Å². The van der Waals surface area contributed by atoms with Crippen LogP contribution in [0.5, 0.6) is 0 Å². The first-order valence-corrected chi connectivity index (χ1v) is 6.19. The van der Waals surface area contributed by atoms with Gasteiger partial charge in [-0.3, -0.25) is 4.79 Å². The lowest BCUT2D eigenvalue weighted by atomic mass is 9.99. The monoisotopic (exact) mass is 277 g/mol. The highest BCUT2D eigenvalue weighted by atomic mass is 16.5. The fourth-order valence-electron chi connectivity index (χ4n) is 2.08. The van der Waals surface area contributed by atoms with E-state index >= 15 is 0 Å². The van der Waals surface area contributed by atoms with Crippen molar-refractivity contribution in [1.82, 2.24) is 5.32 Å². The van der Waals surface area contributed by atoms with Gasteiger partial charge in [0, 0.05) is 6.42 Å². The van der Waals surface area contributed by atoms with Crippen molar-refractivity contribution in [1.29, 1.82) is 0 Å². The summed E-state index contributed by atoms with van der Waals surface area (Å²) in [4.78, 5) is 35.0. The number of rotatable bonds is 4. The van der Waals surface area contributed by atoms with Crippen molar-refractivity contribution in [3.8, 4) is 0 Å². The van der Waals surface area contributed by atoms with E-state index in [9.17, 15) is 14.4 Å². The Balaban J connectivity index is 2.05. The SMILES string of the molecule is COC(=O)[C@@]1(COC(=O)c2ccccc2)CCC(=O)N1. The van der Waals surface area contributed by atoms with Crippen LogP contribution in [0.1, 0.15) is 23.2 Å². The molecule has 1 amide bonds. The van der Waals surface area contributed by atoms with E-state index in [1.165, 1.54) is 7.11 Å². The average molecular weight is 277 g/mol. The topological polar surface area (TPSA) is 81.7 Å². The number of hydrogen-bond donors (Lipinski definition) is 1. The first-order chi connectivity index (χ1) is 9.57. The molecule has 0 spiro atoms. The zero-order chi connectivity index (χ0) is 14.6. The molecule has 1 aromatic carbocycles. The third-order valence-electron chi connectivity index (χ3n) is 3.19. The van der Waals surface area contributed by atoms with Crippen molar-refractivity contribution in [2.24, 2.45) is 0 Å². The van der Waals surface area contributed by atoms with Crippen molar-refractivity contribution in [3.63, 3.8) is 0 Å². The molecule has 2 rings (SSSR count). The standard InChI is InChI=1S/C14H15NO5/c1-19-13(18)14(8-7-11(16)15-14)9-20-12(17)10-5-3-2-4-6-10/h2-6H,7-9H2,1H3,(H,15,16)/t14-/m0/s1. The minimum absolute atomic E-state index is 0.206. The smallest absolute Gasteiger partial charge is 0.338 e. The fourth-order valence-corrected chi connectivity index (χ4v) is 2.08. The molecule has 0 aromatic heterocycles. The maximum atomic E-state index is 11.8. The molecule has 106 valence electrons. The second kappa shape index (κ2) is 5.73. The zero-order valence-corrected chi connectivity index (χ0v) is 11.0. The number of nitrogens with one attached hydrogen (secondary N) is 1. The van der Waals surface area contributed by atoms with Crippen molar-refractivity contribution in [2.45, 2.75) is 18.4 Å². The first-order valence-electron chi connectivity index (χ1n) is 6.19. The molecule has 1 aliphatic heterocycles. The maximum Gasteiger partial charge on any atom is 0.338 e. The van der Waals surface area contributed by atoms with Gasteiger partial charge < -0.3 is 14.8 Å². The highest BCUT2D eigenvalue weighted by Gasteiger charge is 2.47. The van der Waals surface area contributed by atoms with Gasteiger partial charge in [-0.25, -0.2) is 9.59 Å². The van der Waals surface area contributed by atoms with Crippen molar-refractivity contribution < 1.29 is 23.9 Å². The molecule has 0 bridgehead atoms. The number of carbonyl (C=O) groups excluding carboxylic acids is 3. The molecule has 0 radical (unpaired) electrons. The van der Waals surface area contributed by atoms with Crippen LogP contribution in [-0.2, 0) is 19.1 Å². The highest BCUT2D eigenvalue weighted by molar-refractivity contribution is 5.93. The lowest BCUT2D eigenvalue weighted by molar-refractivity contribution is -0.150. The van der Waals surface area contributed by atoms with Gasteiger partial charge in [-0.1, -0.05) is 18.2 Å². The molecule has 1 saturated heterocycles. The van der Waals surface area contributed by atoms with Gasteiger partial charge in [0.1, 0.15) is 6.61 Å². The first kappa shape index (κ1) is 14.0. The minimum Gasteiger partial charge on any atom is -0.467 e. The molecular formula is C14H15NO5. The van der Waals surface area contributed by atoms with Crippen LogP contribution < -0.4 is 5.32 Å². The second-order valence-electron chi connectivity index (χ2n) is 4.56. The lowest BCUT2D eigenvalue weighted by Crippen LogP contribution is -2.53. The number of carbonyl (C=O) groups is 3. The van der Waals surface area contributed by atoms with Gasteiger partial charge in [-0.15, -0.1) is 0 Å². The molecule has 6 nitrogen and oxygen atoms in total. The molecule has 20 heavy (non-hydrogen) atoms. The zero-order valence-electron chi connectivity index (χ0n) is 11.0. The summed E-state index contributed by atoms with van der Waals surface area (Å²) in [6.07, 6.45) is 0.457. The maximum absolute atomic E-state index is 11.8. The Morgan fingerprint density at radius 1 is 1.30 bits per heavy atom. The Bertz CT molecular complexity index is 528. The second-order valence-corrected chi connectivity index (χ2v) is 4.56. The van der Waals surface area contributed by atoms with Crippen molar-refractivity contribution >= 4 is 17.8 Å². The van der Waals surface area contributed by atoms with Gasteiger partial charge in [-0.2, -0.15) is 0 Å². The molecule has 1 atom stereocenters. The van der Waals surface area contributed by atoms with Crippen LogP contribution in [0, 0.1) is 0 Å². The molecule has 0 unspecified atom stereocenters. The Morgan fingerprint density at radius 2 is 2.00 bits per heavy atom. The van der Waals surface area contributed by atoms with Gasteiger partial charge >= 0.3 is 11.9 Å². The predicted octanol–water partition coefficient (Wildman–Crippen LogP) is 0.665. The third-order valence-corrected chi connectivity index (χ3v) is 3.19. The van der Waals surface area contributed by atoms with Gasteiger partial charge in [-0.05, 0) is 18.6 Å². The normalized spacial score (nSPS) is 21.1. The molecule has 0 saturated carbocycles. The van der Waals surface area contributed by atoms with E-state index in [2.05, 4.69) is 10.1 Å². The van der Waals surface area contributed by atoms with E-state index < -0.39 is 17.5 Å². The van der Waals surface area contributed by atoms with E-state index in [0.29, 0.717) is 5.56 Å². The molecule has 1 heterocycles. The summed E-state index contributed by atoms with van der Waals surface area (Å²) in [7, 11) is 1.23. The minimum atomic E-state index is -1.27. The van der Waals surface area contributed by atoms with Crippen LogP contribution in [0.15, 0.2) is 30.3 Å². The predicted molar refractivity (Wildman–Crippen MR) is 68.8 cm³/mol. The number of benzene rings is 1. The fraction of sp³-hybridized carbons (Fsp3) is 0.357. The van der Waals surface area contributed by atoms with Gasteiger partial charge in [0.2, 0.25) is 5.91 Å². The van der Waals surface area contributed by atoms with Crippen LogP contribution in [0.2, 0.25) is 0 Å². The Labute approximate surface area is 116 Å². The highest BCUT2D eigenvalue weighted by Crippen LogP contribution is 2.22. The summed E-state index contributed by atoms with van der Waals surface area (Å²) >= 11 is 0. The van der Waals surface area contributed by atoms with Gasteiger partial charge in [0.15, 0.2) is 5.54 Å². The van der Waals surface area contributed by atoms with Crippen LogP contribution in [0.3, 0.4) is 0 Å². The van der Waals surface area contributed by atoms with Crippen LogP contribution in [0.25, 0.3) is 0 Å².